The highest BCUT2D eigenvalue weighted by atomic mass is 35.5. The number of rotatable bonds is 4. The minimum Gasteiger partial charge on any atom is -0.505 e. The van der Waals surface area contributed by atoms with E-state index in [1.165, 1.54) is 6.07 Å². The highest BCUT2D eigenvalue weighted by Gasteiger charge is 2.21. The van der Waals surface area contributed by atoms with Crippen LogP contribution in [0, 0.1) is 0 Å². The first-order valence-electron chi connectivity index (χ1n) is 5.82. The molecule has 21 heavy (non-hydrogen) atoms. The van der Waals surface area contributed by atoms with Gasteiger partial charge in [0.2, 0.25) is 10.0 Å². The van der Waals surface area contributed by atoms with Gasteiger partial charge in [-0.25, -0.2) is 13.1 Å². The van der Waals surface area contributed by atoms with E-state index < -0.39 is 15.8 Å². The van der Waals surface area contributed by atoms with Gasteiger partial charge in [-0.05, 0) is 17.7 Å². The molecule has 0 fully saturated rings. The number of nitrogens with one attached hydrogen (secondary N) is 1. The van der Waals surface area contributed by atoms with Gasteiger partial charge in [0, 0.05) is 11.6 Å². The van der Waals surface area contributed by atoms with Crippen LogP contribution in [0.4, 0.5) is 0 Å². The van der Waals surface area contributed by atoms with Gasteiger partial charge >= 0.3 is 0 Å². The van der Waals surface area contributed by atoms with Gasteiger partial charge in [-0.2, -0.15) is 0 Å². The zero-order chi connectivity index (χ0) is 15.6. The van der Waals surface area contributed by atoms with Crippen LogP contribution in [0.25, 0.3) is 0 Å². The lowest BCUT2D eigenvalue weighted by molar-refractivity contribution is 0.458. The highest BCUT2D eigenvalue weighted by Crippen LogP contribution is 2.33. The molecule has 0 aliphatic carbocycles. The summed E-state index contributed by atoms with van der Waals surface area (Å²) < 4.78 is 26.8. The average molecular weight is 342 g/mol. The molecule has 0 amide bonds. The van der Waals surface area contributed by atoms with Crippen molar-refractivity contribution in [1.29, 1.82) is 0 Å². The van der Waals surface area contributed by atoms with Crippen LogP contribution in [-0.4, -0.2) is 21.4 Å². The number of phenols is 1. The predicted octanol–water partition coefficient (Wildman–Crippen LogP) is 1.97. The largest absolute Gasteiger partial charge is 0.505 e. The van der Waals surface area contributed by atoms with Crippen molar-refractivity contribution in [2.24, 2.45) is 0 Å². The monoisotopic (exact) mass is 341 g/mol. The van der Waals surface area contributed by atoms with Crippen molar-refractivity contribution < 1.29 is 13.5 Å². The summed E-state index contributed by atoms with van der Waals surface area (Å²) >= 11 is 11.5. The van der Waals surface area contributed by atoms with Gasteiger partial charge in [0.1, 0.15) is 12.7 Å². The van der Waals surface area contributed by atoms with Crippen molar-refractivity contribution in [2.45, 2.75) is 11.4 Å². The summed E-state index contributed by atoms with van der Waals surface area (Å²) in [5, 5.41) is 9.75. The Kier molecular flexibility index (Phi) is 4.83. The standard InChI is InChI=1S/C13H10BCl2NO3S/c14-10-4-2-1-3-8(10)7-17-21(19,20)12-6-9(15)5-11(16)13(12)18/h1-6,17-18H,7H2. The average Bonchev–Trinajstić information content (AvgIpc) is 2.42. The van der Waals surface area contributed by atoms with Crippen molar-refractivity contribution in [3.63, 3.8) is 0 Å². The maximum Gasteiger partial charge on any atom is 0.244 e. The van der Waals surface area contributed by atoms with E-state index in [0.29, 0.717) is 11.0 Å². The molecule has 0 spiro atoms. The number of benzene rings is 2. The first-order valence-corrected chi connectivity index (χ1v) is 8.06. The Morgan fingerprint density at radius 3 is 2.52 bits per heavy atom. The molecule has 2 aromatic rings. The summed E-state index contributed by atoms with van der Waals surface area (Å²) in [6.07, 6.45) is 0. The van der Waals surface area contributed by atoms with Gasteiger partial charge in [-0.3, -0.25) is 0 Å². The van der Waals surface area contributed by atoms with Crippen LogP contribution in [0.15, 0.2) is 41.3 Å². The number of hydrogen-bond acceptors (Lipinski definition) is 3. The third-order valence-corrected chi connectivity index (χ3v) is 4.71. The van der Waals surface area contributed by atoms with E-state index in [9.17, 15) is 13.5 Å². The fourth-order valence-electron chi connectivity index (χ4n) is 1.69. The summed E-state index contributed by atoms with van der Waals surface area (Å²) in [6, 6.07) is 9.23. The molecule has 0 aliphatic rings. The molecule has 4 nitrogen and oxygen atoms in total. The van der Waals surface area contributed by atoms with Crippen LogP contribution in [0.3, 0.4) is 0 Å². The lowest BCUT2D eigenvalue weighted by atomic mass is 9.91. The molecule has 2 radical (unpaired) electrons. The van der Waals surface area contributed by atoms with Gasteiger partial charge < -0.3 is 5.11 Å². The molecule has 0 saturated heterocycles. The minimum atomic E-state index is -3.98. The Labute approximate surface area is 134 Å². The number of aromatic hydroxyl groups is 1. The molecular weight excluding hydrogens is 332 g/mol. The lowest BCUT2D eigenvalue weighted by Gasteiger charge is -2.11. The summed E-state index contributed by atoms with van der Waals surface area (Å²) in [7, 11) is 1.76. The molecule has 0 atom stereocenters. The van der Waals surface area contributed by atoms with Gasteiger partial charge in [0.15, 0.2) is 5.75 Å². The maximum atomic E-state index is 12.2. The molecule has 0 unspecified atom stereocenters. The Morgan fingerprint density at radius 1 is 1.19 bits per heavy atom. The topological polar surface area (TPSA) is 66.4 Å². The highest BCUT2D eigenvalue weighted by molar-refractivity contribution is 7.89. The predicted molar refractivity (Wildman–Crippen MR) is 84.0 cm³/mol. The van der Waals surface area contributed by atoms with Crippen LogP contribution >= 0.6 is 23.2 Å². The van der Waals surface area contributed by atoms with Crippen molar-refractivity contribution in [3.05, 3.63) is 52.0 Å². The van der Waals surface area contributed by atoms with E-state index in [0.717, 1.165) is 6.07 Å². The first kappa shape index (κ1) is 16.2. The molecular formula is C13H10BCl2NO3S. The minimum absolute atomic E-state index is 0.0153. The van der Waals surface area contributed by atoms with E-state index in [4.69, 9.17) is 31.0 Å². The molecule has 0 heterocycles. The third kappa shape index (κ3) is 3.71. The Balaban J connectivity index is 2.30. The van der Waals surface area contributed by atoms with E-state index in [-0.39, 0.29) is 21.5 Å². The number of halogens is 2. The second-order valence-corrected chi connectivity index (χ2v) is 6.84. The SMILES string of the molecule is [B]c1ccccc1CNS(=O)(=O)c1cc(Cl)cc(Cl)c1O. The van der Waals surface area contributed by atoms with Crippen LogP contribution < -0.4 is 10.2 Å². The van der Waals surface area contributed by atoms with Crippen molar-refractivity contribution >= 4 is 46.5 Å². The molecule has 0 aliphatic heterocycles. The van der Waals surface area contributed by atoms with Crippen LogP contribution in [0.5, 0.6) is 5.75 Å². The first-order chi connectivity index (χ1) is 9.81. The number of hydrogen-bond donors (Lipinski definition) is 2. The van der Waals surface area contributed by atoms with Gasteiger partial charge in [-0.15, -0.1) is 0 Å². The Bertz CT molecular complexity index is 781. The molecule has 2 aromatic carbocycles. The molecule has 8 heteroatoms. The Hall–Kier alpha value is -1.21. The summed E-state index contributed by atoms with van der Waals surface area (Å²) in [5.41, 5.74) is 1.09. The fraction of sp³-hybridized carbons (Fsp3) is 0.0769. The second-order valence-electron chi connectivity index (χ2n) is 4.26. The molecule has 2 N–H and O–H groups in total. The molecule has 0 saturated carbocycles. The smallest absolute Gasteiger partial charge is 0.244 e. The van der Waals surface area contributed by atoms with Gasteiger partial charge in [-0.1, -0.05) is 52.9 Å². The zero-order valence-electron chi connectivity index (χ0n) is 10.7. The fourth-order valence-corrected chi connectivity index (χ4v) is 3.45. The Morgan fingerprint density at radius 2 is 1.86 bits per heavy atom. The third-order valence-electron chi connectivity index (χ3n) is 2.79. The quantitative estimate of drug-likeness (QED) is 0.835. The number of sulfonamides is 1. The molecule has 108 valence electrons. The van der Waals surface area contributed by atoms with Crippen molar-refractivity contribution in [1.82, 2.24) is 4.72 Å². The molecule has 0 bridgehead atoms. The van der Waals surface area contributed by atoms with E-state index in [1.807, 2.05) is 0 Å². The van der Waals surface area contributed by atoms with E-state index in [1.54, 1.807) is 24.3 Å². The van der Waals surface area contributed by atoms with E-state index >= 15 is 0 Å². The van der Waals surface area contributed by atoms with E-state index in [2.05, 4.69) is 4.72 Å². The lowest BCUT2D eigenvalue weighted by Crippen LogP contribution is -2.26. The molecule has 0 aromatic heterocycles. The summed E-state index contributed by atoms with van der Waals surface area (Å²) in [6.45, 7) is -0.0153. The van der Waals surface area contributed by atoms with Gasteiger partial charge in [0.25, 0.3) is 0 Å². The maximum absolute atomic E-state index is 12.2. The second kappa shape index (κ2) is 6.28. The zero-order valence-corrected chi connectivity index (χ0v) is 13.0. The van der Waals surface area contributed by atoms with Crippen molar-refractivity contribution in [2.75, 3.05) is 0 Å². The molecule has 2 rings (SSSR count). The summed E-state index contributed by atoms with van der Waals surface area (Å²) in [4.78, 5) is -0.380. The number of phenolic OH excluding ortho intramolecular Hbond substituents is 1. The van der Waals surface area contributed by atoms with Gasteiger partial charge in [0.05, 0.1) is 5.02 Å². The van der Waals surface area contributed by atoms with Crippen molar-refractivity contribution in [3.8, 4) is 5.75 Å². The normalized spacial score (nSPS) is 11.5. The van der Waals surface area contributed by atoms with Crippen LogP contribution in [0.2, 0.25) is 10.0 Å². The van der Waals surface area contributed by atoms with Crippen LogP contribution in [0.1, 0.15) is 5.56 Å². The van der Waals surface area contributed by atoms with Crippen LogP contribution in [-0.2, 0) is 16.6 Å². The summed E-state index contributed by atoms with van der Waals surface area (Å²) in [5.74, 6) is -0.547.